The van der Waals surface area contributed by atoms with Gasteiger partial charge in [-0.25, -0.2) is 13.6 Å². The highest BCUT2D eigenvalue weighted by Gasteiger charge is 2.49. The van der Waals surface area contributed by atoms with Gasteiger partial charge in [-0.05, 0) is 76.3 Å². The predicted octanol–water partition coefficient (Wildman–Crippen LogP) is 5.86. The minimum atomic E-state index is -1.23. The molecule has 4 atom stereocenters. The number of carboxylic acid groups (broad SMARTS) is 1. The van der Waals surface area contributed by atoms with Crippen LogP contribution in [0.1, 0.15) is 28.8 Å². The maximum atomic E-state index is 13.7. The predicted molar refractivity (Wildman–Crippen MR) is 204 cm³/mol. The van der Waals surface area contributed by atoms with Gasteiger partial charge >= 0.3 is 5.97 Å². The number of nitrogens with zero attached hydrogens (tertiary/aromatic N) is 1. The van der Waals surface area contributed by atoms with Crippen molar-refractivity contribution in [1.29, 1.82) is 0 Å². The Morgan fingerprint density at radius 3 is 2.11 bits per heavy atom. The fourth-order valence-corrected chi connectivity index (χ4v) is 7.52. The van der Waals surface area contributed by atoms with Crippen LogP contribution in [-0.4, -0.2) is 64.1 Å². The van der Waals surface area contributed by atoms with Crippen molar-refractivity contribution in [2.75, 3.05) is 23.8 Å². The van der Waals surface area contributed by atoms with Gasteiger partial charge in [0.05, 0.1) is 18.7 Å². The fourth-order valence-electron chi connectivity index (χ4n) is 6.22. The molecule has 4 N–H and O–H groups in total. The van der Waals surface area contributed by atoms with E-state index in [1.165, 1.54) is 60.3 Å². The SMILES string of the molecule is O=C(COc1ccc([C@@H]2[C@@H](SCC(O)c3ccc(F)cc3)C(=O)N2c2ccc(F)cc2)cc1)NCC(=O)N[C@H](Cc1ccccc1-c1ccccc1)C(=O)O. The third-order valence-electron chi connectivity index (χ3n) is 9.04. The van der Waals surface area contributed by atoms with E-state index >= 15 is 0 Å². The Labute approximate surface area is 320 Å². The van der Waals surface area contributed by atoms with Gasteiger partial charge in [-0.1, -0.05) is 78.9 Å². The van der Waals surface area contributed by atoms with Crippen LogP contribution in [0, 0.1) is 11.6 Å². The van der Waals surface area contributed by atoms with Crippen molar-refractivity contribution in [3.05, 3.63) is 156 Å². The molecule has 3 amide bonds. The Balaban J connectivity index is 1.03. The van der Waals surface area contributed by atoms with E-state index in [0.717, 1.165) is 22.3 Å². The Morgan fingerprint density at radius 1 is 0.800 bits per heavy atom. The third kappa shape index (κ3) is 9.74. The monoisotopic (exact) mass is 765 g/mol. The van der Waals surface area contributed by atoms with Gasteiger partial charge < -0.3 is 30.5 Å². The summed E-state index contributed by atoms with van der Waals surface area (Å²) in [6.45, 7) is -0.891. The second-order valence-corrected chi connectivity index (χ2v) is 13.9. The molecule has 1 aliphatic heterocycles. The molecule has 1 fully saturated rings. The number of aliphatic hydroxyl groups is 1. The smallest absolute Gasteiger partial charge is 0.326 e. The summed E-state index contributed by atoms with van der Waals surface area (Å²) in [4.78, 5) is 52.2. The van der Waals surface area contributed by atoms with Crippen molar-refractivity contribution in [3.63, 3.8) is 0 Å². The number of nitrogens with one attached hydrogen (secondary N) is 2. The van der Waals surface area contributed by atoms with Crippen LogP contribution < -0.4 is 20.3 Å². The Morgan fingerprint density at radius 2 is 1.44 bits per heavy atom. The normalized spacial score (nSPS) is 16.1. The van der Waals surface area contributed by atoms with Crippen LogP contribution >= 0.6 is 11.8 Å². The van der Waals surface area contributed by atoms with E-state index in [2.05, 4.69) is 10.6 Å². The van der Waals surface area contributed by atoms with E-state index < -0.39 is 66.0 Å². The number of carboxylic acids is 1. The average molecular weight is 766 g/mol. The standard InChI is InChI=1S/C42H37F2N3O7S/c43-30-14-10-27(11-15-30)36(48)25-55-40-39(47(41(40)51)32-18-16-31(44)17-19-32)28-12-20-33(21-13-28)54-24-38(50)45-23-37(49)46-35(42(52)53)22-29-8-4-5-9-34(29)26-6-2-1-3-7-26/h1-21,35-36,39-40,48H,22-25H2,(H,45,50)(H,46,49)(H,52,53)/t35-,36?,39-,40-/m1/s1. The molecule has 1 aliphatic rings. The number of rotatable bonds is 16. The number of benzene rings is 5. The largest absolute Gasteiger partial charge is 0.484 e. The molecule has 0 spiro atoms. The van der Waals surface area contributed by atoms with Gasteiger partial charge in [0, 0.05) is 17.9 Å². The van der Waals surface area contributed by atoms with E-state index in [9.17, 15) is 38.2 Å². The number of thioether (sulfide) groups is 1. The quantitative estimate of drug-likeness (QED) is 0.0915. The van der Waals surface area contributed by atoms with Crippen LogP contribution in [0.4, 0.5) is 14.5 Å². The van der Waals surface area contributed by atoms with Crippen molar-refractivity contribution in [1.82, 2.24) is 10.6 Å². The lowest BCUT2D eigenvalue weighted by Gasteiger charge is -2.47. The van der Waals surface area contributed by atoms with Gasteiger partial charge in [0.15, 0.2) is 6.61 Å². The summed E-state index contributed by atoms with van der Waals surface area (Å²) in [6, 6.07) is 32.9. The molecule has 13 heteroatoms. The first-order chi connectivity index (χ1) is 26.6. The number of hydrogen-bond acceptors (Lipinski definition) is 7. The van der Waals surface area contributed by atoms with Crippen LogP contribution in [0.25, 0.3) is 11.1 Å². The van der Waals surface area contributed by atoms with Crippen molar-refractivity contribution in [3.8, 4) is 16.9 Å². The number of carbonyl (C=O) groups excluding carboxylic acids is 3. The first-order valence-corrected chi connectivity index (χ1v) is 18.4. The van der Waals surface area contributed by atoms with E-state index in [1.807, 2.05) is 48.5 Å². The van der Waals surface area contributed by atoms with Gasteiger partial charge in [0.2, 0.25) is 11.8 Å². The highest BCUT2D eigenvalue weighted by molar-refractivity contribution is 8.00. The molecule has 0 saturated carbocycles. The number of β-lactam (4-membered cyclic amide) rings is 1. The van der Waals surface area contributed by atoms with Crippen molar-refractivity contribution >= 4 is 41.1 Å². The highest BCUT2D eigenvalue weighted by Crippen LogP contribution is 2.46. The zero-order chi connectivity index (χ0) is 38.9. The molecule has 5 aromatic carbocycles. The molecule has 55 heavy (non-hydrogen) atoms. The second kappa shape index (κ2) is 17.9. The highest BCUT2D eigenvalue weighted by atomic mass is 32.2. The lowest BCUT2D eigenvalue weighted by Crippen LogP contribution is -2.57. The van der Waals surface area contributed by atoms with Crippen LogP contribution in [-0.2, 0) is 25.6 Å². The Bertz CT molecular complexity index is 2120. The molecule has 1 heterocycles. The van der Waals surface area contributed by atoms with Crippen LogP contribution in [0.2, 0.25) is 0 Å². The molecular weight excluding hydrogens is 729 g/mol. The van der Waals surface area contributed by atoms with Crippen molar-refractivity contribution in [2.45, 2.75) is 29.9 Å². The minimum absolute atomic E-state index is 0.0350. The van der Waals surface area contributed by atoms with Gasteiger partial charge in [-0.2, -0.15) is 0 Å². The molecule has 0 aromatic heterocycles. The lowest BCUT2D eigenvalue weighted by molar-refractivity contribution is -0.141. The number of amides is 3. The third-order valence-corrected chi connectivity index (χ3v) is 10.4. The molecule has 1 saturated heterocycles. The average Bonchev–Trinajstić information content (AvgIpc) is 3.19. The van der Waals surface area contributed by atoms with E-state index in [0.29, 0.717) is 17.0 Å². The second-order valence-electron chi connectivity index (χ2n) is 12.8. The molecule has 0 aliphatic carbocycles. The minimum Gasteiger partial charge on any atom is -0.484 e. The first-order valence-electron chi connectivity index (χ1n) is 17.4. The first kappa shape index (κ1) is 38.7. The summed E-state index contributed by atoms with van der Waals surface area (Å²) in [5, 5.41) is 24.9. The summed E-state index contributed by atoms with van der Waals surface area (Å²) >= 11 is 1.26. The summed E-state index contributed by atoms with van der Waals surface area (Å²) in [5.41, 5.74) is 4.26. The van der Waals surface area contributed by atoms with Crippen molar-refractivity contribution in [2.24, 2.45) is 0 Å². The molecule has 0 bridgehead atoms. The van der Waals surface area contributed by atoms with Gasteiger partial charge in [0.25, 0.3) is 5.91 Å². The number of anilines is 1. The number of hydrogen-bond donors (Lipinski definition) is 4. The number of aliphatic hydroxyl groups excluding tert-OH is 1. The van der Waals surface area contributed by atoms with Gasteiger partial charge in [-0.15, -0.1) is 11.8 Å². The summed E-state index contributed by atoms with van der Waals surface area (Å²) in [7, 11) is 0. The van der Waals surface area contributed by atoms with Gasteiger partial charge in [-0.3, -0.25) is 14.4 Å². The molecule has 5 aromatic rings. The topological polar surface area (TPSA) is 145 Å². The molecule has 6 rings (SSSR count). The molecular formula is C42H37F2N3O7S. The van der Waals surface area contributed by atoms with Crippen LogP contribution in [0.3, 0.4) is 0 Å². The van der Waals surface area contributed by atoms with E-state index in [1.54, 1.807) is 35.2 Å². The zero-order valence-corrected chi connectivity index (χ0v) is 30.1. The number of carbonyl (C=O) groups is 4. The van der Waals surface area contributed by atoms with E-state index in [-0.39, 0.29) is 18.1 Å². The summed E-state index contributed by atoms with van der Waals surface area (Å²) < 4.78 is 32.7. The number of ether oxygens (including phenoxy) is 1. The Kier molecular flexibility index (Phi) is 12.5. The summed E-state index contributed by atoms with van der Waals surface area (Å²) in [6.07, 6.45) is -0.902. The molecule has 1 unspecified atom stereocenters. The van der Waals surface area contributed by atoms with Crippen LogP contribution in [0.5, 0.6) is 5.75 Å². The summed E-state index contributed by atoms with van der Waals surface area (Å²) in [5.74, 6) is -3.09. The van der Waals surface area contributed by atoms with E-state index in [4.69, 9.17) is 4.74 Å². The number of aliphatic carboxylic acids is 1. The van der Waals surface area contributed by atoms with Gasteiger partial charge in [0.1, 0.15) is 28.7 Å². The van der Waals surface area contributed by atoms with Crippen LogP contribution in [0.15, 0.2) is 127 Å². The fraction of sp³-hybridized carbons (Fsp3) is 0.190. The van der Waals surface area contributed by atoms with Crippen molar-refractivity contribution < 1.29 is 42.9 Å². The zero-order valence-electron chi connectivity index (χ0n) is 29.3. The maximum Gasteiger partial charge on any atom is 0.326 e. The molecule has 282 valence electrons. The molecule has 0 radical (unpaired) electrons. The lowest BCUT2D eigenvalue weighted by atomic mass is 9.92. The maximum absolute atomic E-state index is 13.7. The number of halogens is 2. The molecule has 10 nitrogen and oxygen atoms in total. The Hall–Kier alpha value is -6.05.